The third-order valence-electron chi connectivity index (χ3n) is 3.84. The Hall–Kier alpha value is -3.29. The highest BCUT2D eigenvalue weighted by atomic mass is 16.7. The molecule has 2 fully saturated rings. The van der Waals surface area contributed by atoms with E-state index in [9.17, 15) is 14.4 Å². The maximum Gasteiger partial charge on any atom is 0.510 e. The number of hydrogen-bond acceptors (Lipinski definition) is 6. The van der Waals surface area contributed by atoms with Gasteiger partial charge in [-0.25, -0.2) is 9.59 Å². The molecule has 0 aromatic heterocycles. The lowest BCUT2D eigenvalue weighted by molar-refractivity contribution is -0.165. The average Bonchev–Trinajstić information content (AvgIpc) is 2.88. The molecule has 2 heterocycles. The molecule has 136 valence electrons. The summed E-state index contributed by atoms with van der Waals surface area (Å²) in [6.07, 6.45) is 2.06. The van der Waals surface area contributed by atoms with E-state index in [2.05, 4.69) is 0 Å². The van der Waals surface area contributed by atoms with Gasteiger partial charge < -0.3 is 19.3 Å². The molecule has 3 rings (SSSR count). The molecule has 1 N–H and O–H groups in total. The minimum absolute atomic E-state index is 0.0466. The van der Waals surface area contributed by atoms with Crippen LogP contribution >= 0.6 is 0 Å². The van der Waals surface area contributed by atoms with E-state index in [4.69, 9.17) is 19.3 Å². The number of rotatable bonds is 6. The van der Waals surface area contributed by atoms with Crippen molar-refractivity contribution in [2.75, 3.05) is 0 Å². The highest BCUT2D eigenvalue weighted by Gasteiger charge is 2.52. The van der Waals surface area contributed by atoms with Gasteiger partial charge in [0.15, 0.2) is 12.0 Å². The summed E-state index contributed by atoms with van der Waals surface area (Å²) in [7, 11) is 0. The Morgan fingerprint density at radius 2 is 2.08 bits per heavy atom. The molecule has 8 nitrogen and oxygen atoms in total. The van der Waals surface area contributed by atoms with Crippen molar-refractivity contribution < 1.29 is 33.7 Å². The first-order valence-corrected chi connectivity index (χ1v) is 7.99. The van der Waals surface area contributed by atoms with Gasteiger partial charge in [0, 0.05) is 6.08 Å². The number of fused-ring (bicyclic) bond motifs is 1. The van der Waals surface area contributed by atoms with E-state index in [0.717, 1.165) is 11.6 Å². The lowest BCUT2D eigenvalue weighted by Crippen LogP contribution is -2.53. The van der Waals surface area contributed by atoms with Crippen molar-refractivity contribution in [1.29, 1.82) is 0 Å². The second-order valence-electron chi connectivity index (χ2n) is 5.65. The normalized spacial score (nSPS) is 22.7. The van der Waals surface area contributed by atoms with Crippen molar-refractivity contribution in [3.8, 4) is 0 Å². The highest BCUT2D eigenvalue weighted by molar-refractivity contribution is 5.84. The average molecular weight is 359 g/mol. The van der Waals surface area contributed by atoms with Crippen LogP contribution in [0.2, 0.25) is 0 Å². The maximum absolute atomic E-state index is 12.0. The molecule has 26 heavy (non-hydrogen) atoms. The molecule has 8 heteroatoms. The van der Waals surface area contributed by atoms with Crippen LogP contribution in [0.4, 0.5) is 4.79 Å². The smallest absolute Gasteiger partial charge is 0.478 e. The van der Waals surface area contributed by atoms with Crippen molar-refractivity contribution in [1.82, 2.24) is 4.90 Å². The van der Waals surface area contributed by atoms with Crippen LogP contribution in [0.5, 0.6) is 0 Å². The van der Waals surface area contributed by atoms with Crippen LogP contribution in [0.1, 0.15) is 18.4 Å². The number of carboxylic acids is 1. The predicted molar refractivity (Wildman–Crippen MR) is 87.3 cm³/mol. The quantitative estimate of drug-likeness (QED) is 0.472. The molecule has 1 aromatic rings. The van der Waals surface area contributed by atoms with Gasteiger partial charge in [0.05, 0.1) is 6.42 Å². The number of nitrogens with zero attached hydrogens (tertiary/aromatic N) is 1. The van der Waals surface area contributed by atoms with Crippen molar-refractivity contribution in [3.63, 3.8) is 0 Å². The Kier molecular flexibility index (Phi) is 5.21. The Labute approximate surface area is 149 Å². The molecule has 1 aromatic carbocycles. The van der Waals surface area contributed by atoms with Crippen LogP contribution < -0.4 is 0 Å². The lowest BCUT2D eigenvalue weighted by atomic mass is 10.2. The number of carboxylic acid groups (broad SMARTS) is 1. The highest BCUT2D eigenvalue weighted by Crippen LogP contribution is 2.37. The van der Waals surface area contributed by atoms with Gasteiger partial charge in [-0.15, -0.1) is 0 Å². The molecule has 0 aliphatic carbocycles. The topological polar surface area (TPSA) is 102 Å². The van der Waals surface area contributed by atoms with Gasteiger partial charge in [-0.1, -0.05) is 36.4 Å². The van der Waals surface area contributed by atoms with Crippen molar-refractivity contribution in [2.45, 2.75) is 31.9 Å². The van der Waals surface area contributed by atoms with E-state index in [1.54, 1.807) is 18.2 Å². The van der Waals surface area contributed by atoms with Crippen LogP contribution in [0.25, 0.3) is 0 Å². The van der Waals surface area contributed by atoms with Gasteiger partial charge >= 0.3 is 12.1 Å². The van der Waals surface area contributed by atoms with Crippen LogP contribution in [0.3, 0.4) is 0 Å². The van der Waals surface area contributed by atoms with Gasteiger partial charge in [0.1, 0.15) is 6.61 Å². The Bertz CT molecular complexity index is 756. The zero-order valence-corrected chi connectivity index (χ0v) is 13.7. The van der Waals surface area contributed by atoms with Crippen molar-refractivity contribution in [3.05, 3.63) is 59.9 Å². The third kappa shape index (κ3) is 4.02. The van der Waals surface area contributed by atoms with E-state index in [-0.39, 0.29) is 31.1 Å². The molecular weight excluding hydrogens is 342 g/mol. The molecular formula is C18H17NO7. The molecule has 2 aliphatic rings. The lowest BCUT2D eigenvalue weighted by Gasteiger charge is -2.33. The molecule has 0 bridgehead atoms. The Morgan fingerprint density at radius 3 is 2.77 bits per heavy atom. The summed E-state index contributed by atoms with van der Waals surface area (Å²) >= 11 is 0. The van der Waals surface area contributed by atoms with Crippen molar-refractivity contribution in [2.24, 2.45) is 0 Å². The number of carbonyl (C=O) groups is 3. The fourth-order valence-electron chi connectivity index (χ4n) is 2.59. The zero-order chi connectivity index (χ0) is 18.5. The molecule has 1 unspecified atom stereocenters. The summed E-state index contributed by atoms with van der Waals surface area (Å²) in [5.41, 5.74) is 0.805. The number of allylic oxidation sites excluding steroid dienone is 2. The largest absolute Gasteiger partial charge is 0.510 e. The summed E-state index contributed by atoms with van der Waals surface area (Å²) < 4.78 is 15.9. The van der Waals surface area contributed by atoms with Crippen LogP contribution in [0, 0.1) is 0 Å². The van der Waals surface area contributed by atoms with E-state index >= 15 is 0 Å². The summed E-state index contributed by atoms with van der Waals surface area (Å²) in [6, 6.07) is 9.11. The molecule has 2 saturated heterocycles. The third-order valence-corrected chi connectivity index (χ3v) is 3.84. The fourth-order valence-corrected chi connectivity index (χ4v) is 2.59. The molecule has 0 spiro atoms. The number of benzene rings is 1. The van der Waals surface area contributed by atoms with Gasteiger partial charge in [-0.3, -0.25) is 9.69 Å². The van der Waals surface area contributed by atoms with Crippen molar-refractivity contribution >= 4 is 18.0 Å². The first-order chi connectivity index (χ1) is 12.5. The minimum Gasteiger partial charge on any atom is -0.478 e. The monoisotopic (exact) mass is 359 g/mol. The summed E-state index contributed by atoms with van der Waals surface area (Å²) in [4.78, 5) is 35.5. The fraction of sp³-hybridized carbons (Fsp3) is 0.278. The van der Waals surface area contributed by atoms with E-state index < -0.39 is 24.6 Å². The molecule has 0 saturated carbocycles. The molecule has 2 atom stereocenters. The molecule has 1 amide bonds. The summed E-state index contributed by atoms with van der Waals surface area (Å²) in [5, 5.41) is 8.58. The standard InChI is InChI=1S/C18H17NO7/c20-14-10-15-19(14)17(13(25-15)8-4-5-9-16(21)22)26-18(23)24-11-12-6-2-1-3-7-12/h1-3,5-9,15,17H,4,10-11H2,(H,21,22)/t15-,17?/m1/s1. The number of hydrogen-bond donors (Lipinski definition) is 1. The van der Waals surface area contributed by atoms with E-state index in [0.29, 0.717) is 0 Å². The second kappa shape index (κ2) is 7.73. The van der Waals surface area contributed by atoms with Gasteiger partial charge in [0.2, 0.25) is 12.1 Å². The molecule has 2 aliphatic heterocycles. The minimum atomic E-state index is -1.06. The van der Waals surface area contributed by atoms with Gasteiger partial charge in [-0.05, 0) is 18.1 Å². The number of aliphatic carboxylic acids is 1. The maximum atomic E-state index is 12.0. The van der Waals surface area contributed by atoms with Crippen LogP contribution in [-0.2, 0) is 30.4 Å². The van der Waals surface area contributed by atoms with Gasteiger partial charge in [0.25, 0.3) is 0 Å². The summed E-state index contributed by atoms with van der Waals surface area (Å²) in [5.74, 6) is -0.972. The molecule has 0 radical (unpaired) electrons. The number of β-lactam (4-membered cyclic amide) rings is 1. The SMILES string of the molecule is O=C(O)C=CCC=C1O[C@@H]2CC(=O)N2C1OC(=O)OCc1ccccc1. The van der Waals surface area contributed by atoms with E-state index in [1.807, 2.05) is 18.2 Å². The Balaban J connectivity index is 1.60. The van der Waals surface area contributed by atoms with Crippen LogP contribution in [-0.4, -0.2) is 40.5 Å². The van der Waals surface area contributed by atoms with Crippen LogP contribution in [0.15, 0.2) is 54.3 Å². The number of carbonyl (C=O) groups excluding carboxylic acids is 2. The first-order valence-electron chi connectivity index (χ1n) is 7.99. The predicted octanol–water partition coefficient (Wildman–Crippen LogP) is 2.17. The summed E-state index contributed by atoms with van der Waals surface area (Å²) in [6.45, 7) is 0.0466. The van der Waals surface area contributed by atoms with Gasteiger partial charge in [-0.2, -0.15) is 0 Å². The number of ether oxygens (including phenoxy) is 3. The second-order valence-corrected chi connectivity index (χ2v) is 5.65. The first kappa shape index (κ1) is 17.5. The number of amides is 1. The zero-order valence-electron chi connectivity index (χ0n) is 13.7. The van der Waals surface area contributed by atoms with E-state index in [1.165, 1.54) is 11.0 Å². The Morgan fingerprint density at radius 1 is 1.31 bits per heavy atom.